The molecule has 0 aromatic heterocycles. The minimum atomic E-state index is -0.472. The molecular weight excluding hydrogens is 494 g/mol. The van der Waals surface area contributed by atoms with Crippen molar-refractivity contribution in [2.45, 2.75) is 5.92 Å². The van der Waals surface area contributed by atoms with Gasteiger partial charge in [-0.05, 0) is 47.5 Å². The molecule has 0 heterocycles. The van der Waals surface area contributed by atoms with E-state index in [0.29, 0.717) is 34.1 Å². The van der Waals surface area contributed by atoms with Gasteiger partial charge >= 0.3 is 0 Å². The summed E-state index contributed by atoms with van der Waals surface area (Å²) in [6.45, 7) is 0. The minimum Gasteiger partial charge on any atom is -0.493 e. The number of hydrogen-bond acceptors (Lipinski definition) is 6. The molecule has 198 valence electrons. The fraction of sp³-hybridized carbons (Fsp3) is 0.129. The van der Waals surface area contributed by atoms with Gasteiger partial charge in [-0.3, -0.25) is 9.59 Å². The fourth-order valence-corrected chi connectivity index (χ4v) is 4.11. The van der Waals surface area contributed by atoms with Crippen LogP contribution in [0.2, 0.25) is 0 Å². The topological polar surface area (TPSA) is 98.2 Å². The summed E-state index contributed by atoms with van der Waals surface area (Å²) >= 11 is 0. The monoisotopic (exact) mass is 523 g/mol. The highest BCUT2D eigenvalue weighted by Gasteiger charge is 2.22. The van der Waals surface area contributed by atoms with E-state index in [2.05, 4.69) is 15.8 Å². The van der Waals surface area contributed by atoms with Crippen LogP contribution in [-0.2, 0) is 4.79 Å². The Balaban J connectivity index is 1.42. The van der Waals surface area contributed by atoms with E-state index in [1.54, 1.807) is 36.4 Å². The first kappa shape index (κ1) is 26.9. The first-order chi connectivity index (χ1) is 19.0. The van der Waals surface area contributed by atoms with Crippen LogP contribution in [0.3, 0.4) is 0 Å². The van der Waals surface area contributed by atoms with Gasteiger partial charge in [0.25, 0.3) is 5.91 Å². The van der Waals surface area contributed by atoms with Crippen LogP contribution in [0.25, 0.3) is 0 Å². The molecule has 8 heteroatoms. The van der Waals surface area contributed by atoms with E-state index < -0.39 is 11.8 Å². The largest absolute Gasteiger partial charge is 0.493 e. The lowest BCUT2D eigenvalue weighted by Crippen LogP contribution is -2.22. The van der Waals surface area contributed by atoms with E-state index in [1.807, 2.05) is 60.7 Å². The van der Waals surface area contributed by atoms with Gasteiger partial charge in [-0.2, -0.15) is 5.10 Å². The van der Waals surface area contributed by atoms with E-state index in [-0.39, 0.29) is 5.91 Å². The summed E-state index contributed by atoms with van der Waals surface area (Å²) in [5, 5.41) is 7.01. The van der Waals surface area contributed by atoms with Crippen molar-refractivity contribution in [1.82, 2.24) is 5.43 Å². The van der Waals surface area contributed by atoms with Crippen LogP contribution in [0, 0.1) is 0 Å². The molecule has 8 nitrogen and oxygen atoms in total. The maximum Gasteiger partial charge on any atom is 0.271 e. The van der Waals surface area contributed by atoms with Crippen molar-refractivity contribution >= 4 is 23.7 Å². The van der Waals surface area contributed by atoms with E-state index in [9.17, 15) is 9.59 Å². The Morgan fingerprint density at radius 1 is 0.744 bits per heavy atom. The molecule has 2 amide bonds. The molecule has 0 aliphatic heterocycles. The molecule has 4 aromatic carbocycles. The van der Waals surface area contributed by atoms with Gasteiger partial charge in [0.05, 0.1) is 33.5 Å². The van der Waals surface area contributed by atoms with E-state index >= 15 is 0 Å². The van der Waals surface area contributed by atoms with E-state index in [1.165, 1.54) is 27.5 Å². The molecule has 4 rings (SSSR count). The average molecular weight is 524 g/mol. The highest BCUT2D eigenvalue weighted by molar-refractivity contribution is 5.99. The third-order valence-electron chi connectivity index (χ3n) is 6.01. The van der Waals surface area contributed by atoms with Crippen LogP contribution in [-0.4, -0.2) is 39.4 Å². The number of methoxy groups -OCH3 is 3. The van der Waals surface area contributed by atoms with Gasteiger partial charge in [0.1, 0.15) is 0 Å². The SMILES string of the molecule is COc1cc(/C=N/NC(=O)c2ccc(NC(=O)C(c3ccccc3)c3ccccc3)cc2)cc(OC)c1OC. The number of carbonyl (C=O) groups excluding carboxylic acids is 2. The standard InChI is InChI=1S/C31H29N3O5/c1-37-26-18-21(19-27(38-2)29(26)39-3)20-32-34-30(35)24-14-16-25(17-15-24)33-31(36)28(22-10-6-4-7-11-22)23-12-8-5-9-13-23/h4-20,28H,1-3H3,(H,33,36)(H,34,35)/b32-20+. The van der Waals surface area contributed by atoms with Crippen LogP contribution >= 0.6 is 0 Å². The maximum absolute atomic E-state index is 13.3. The quantitative estimate of drug-likeness (QED) is 0.219. The maximum atomic E-state index is 13.3. The van der Waals surface area contributed by atoms with Crippen molar-refractivity contribution in [2.24, 2.45) is 5.10 Å². The average Bonchev–Trinajstić information content (AvgIpc) is 2.98. The van der Waals surface area contributed by atoms with Gasteiger partial charge in [-0.1, -0.05) is 60.7 Å². The van der Waals surface area contributed by atoms with Crippen molar-refractivity contribution < 1.29 is 23.8 Å². The Labute approximate surface area is 227 Å². The third-order valence-corrected chi connectivity index (χ3v) is 6.01. The summed E-state index contributed by atoms with van der Waals surface area (Å²) in [6.07, 6.45) is 1.48. The highest BCUT2D eigenvalue weighted by Crippen LogP contribution is 2.37. The number of carbonyl (C=O) groups is 2. The normalized spacial score (nSPS) is 10.8. The molecule has 0 fully saturated rings. The van der Waals surface area contributed by atoms with Crippen LogP contribution in [0.4, 0.5) is 5.69 Å². The second-order valence-electron chi connectivity index (χ2n) is 8.48. The molecule has 0 atom stereocenters. The number of nitrogens with one attached hydrogen (secondary N) is 2. The Morgan fingerprint density at radius 2 is 1.28 bits per heavy atom. The second-order valence-corrected chi connectivity index (χ2v) is 8.48. The number of hydrogen-bond donors (Lipinski definition) is 2. The number of rotatable bonds is 10. The van der Waals surface area contributed by atoms with Crippen LogP contribution in [0.5, 0.6) is 17.2 Å². The summed E-state index contributed by atoms with van der Waals surface area (Å²) < 4.78 is 16.0. The zero-order valence-corrected chi connectivity index (χ0v) is 21.9. The van der Waals surface area contributed by atoms with Crippen molar-refractivity contribution in [2.75, 3.05) is 26.6 Å². The van der Waals surface area contributed by atoms with Gasteiger partial charge < -0.3 is 19.5 Å². The van der Waals surface area contributed by atoms with Crippen LogP contribution in [0.15, 0.2) is 102 Å². The second kappa shape index (κ2) is 12.9. The zero-order chi connectivity index (χ0) is 27.6. The Hall–Kier alpha value is -5.11. The summed E-state index contributed by atoms with van der Waals surface area (Å²) in [5.41, 5.74) is 5.90. The lowest BCUT2D eigenvalue weighted by molar-refractivity contribution is -0.116. The van der Waals surface area contributed by atoms with Crippen molar-refractivity contribution in [3.63, 3.8) is 0 Å². The lowest BCUT2D eigenvalue weighted by atomic mass is 9.90. The van der Waals surface area contributed by atoms with E-state index in [4.69, 9.17) is 14.2 Å². The zero-order valence-electron chi connectivity index (χ0n) is 21.9. The van der Waals surface area contributed by atoms with Crippen molar-refractivity contribution in [3.8, 4) is 17.2 Å². The highest BCUT2D eigenvalue weighted by atomic mass is 16.5. The minimum absolute atomic E-state index is 0.167. The fourth-order valence-electron chi connectivity index (χ4n) is 4.11. The Morgan fingerprint density at radius 3 is 1.77 bits per heavy atom. The molecule has 0 aliphatic rings. The molecule has 0 saturated heterocycles. The predicted molar refractivity (Wildman–Crippen MR) is 151 cm³/mol. The molecule has 2 N–H and O–H groups in total. The first-order valence-corrected chi connectivity index (χ1v) is 12.2. The predicted octanol–water partition coefficient (Wildman–Crippen LogP) is 5.25. The van der Waals surface area contributed by atoms with Crippen molar-refractivity contribution in [1.29, 1.82) is 0 Å². The molecule has 0 radical (unpaired) electrons. The third kappa shape index (κ3) is 6.61. The molecule has 0 spiro atoms. The number of amides is 2. The molecular formula is C31H29N3O5. The number of ether oxygens (including phenoxy) is 3. The summed E-state index contributed by atoms with van der Waals surface area (Å²) in [6, 6.07) is 29.3. The molecule has 0 aliphatic carbocycles. The first-order valence-electron chi connectivity index (χ1n) is 12.2. The van der Waals surface area contributed by atoms with Gasteiger partial charge in [0.2, 0.25) is 11.7 Å². The molecule has 0 unspecified atom stereocenters. The van der Waals surface area contributed by atoms with Gasteiger partial charge in [0, 0.05) is 16.8 Å². The van der Waals surface area contributed by atoms with E-state index in [0.717, 1.165) is 11.1 Å². The number of anilines is 1. The summed E-state index contributed by atoms with van der Waals surface area (Å²) in [5.74, 6) is 0.378. The smallest absolute Gasteiger partial charge is 0.271 e. The molecule has 0 saturated carbocycles. The Kier molecular flexibility index (Phi) is 8.92. The Bertz CT molecular complexity index is 1370. The number of benzene rings is 4. The molecule has 39 heavy (non-hydrogen) atoms. The van der Waals surface area contributed by atoms with Crippen LogP contribution in [0.1, 0.15) is 33.0 Å². The van der Waals surface area contributed by atoms with Crippen molar-refractivity contribution in [3.05, 3.63) is 119 Å². The van der Waals surface area contributed by atoms with Gasteiger partial charge in [0.15, 0.2) is 11.5 Å². The summed E-state index contributed by atoms with van der Waals surface area (Å²) in [7, 11) is 4.57. The molecule has 0 bridgehead atoms. The summed E-state index contributed by atoms with van der Waals surface area (Å²) in [4.78, 5) is 25.9. The number of hydrazone groups is 1. The van der Waals surface area contributed by atoms with Gasteiger partial charge in [-0.15, -0.1) is 0 Å². The van der Waals surface area contributed by atoms with Crippen LogP contribution < -0.4 is 25.0 Å². The lowest BCUT2D eigenvalue weighted by Gasteiger charge is -2.18. The molecule has 4 aromatic rings. The van der Waals surface area contributed by atoms with Gasteiger partial charge in [-0.25, -0.2) is 5.43 Å². The number of nitrogens with zero attached hydrogens (tertiary/aromatic N) is 1.